The van der Waals surface area contributed by atoms with Gasteiger partial charge in [-0.2, -0.15) is 0 Å². The predicted molar refractivity (Wildman–Crippen MR) is 72.5 cm³/mol. The van der Waals surface area contributed by atoms with Gasteiger partial charge < -0.3 is 20.1 Å². The van der Waals surface area contributed by atoms with Crippen molar-refractivity contribution in [2.24, 2.45) is 0 Å². The fraction of sp³-hybridized carbons (Fsp3) is 0.923. The number of carbonyl (C=O) groups is 1. The van der Waals surface area contributed by atoms with Crippen molar-refractivity contribution in [3.05, 3.63) is 0 Å². The van der Waals surface area contributed by atoms with Gasteiger partial charge in [-0.15, -0.1) is 0 Å². The van der Waals surface area contributed by atoms with Crippen molar-refractivity contribution in [1.29, 1.82) is 0 Å². The Bertz CT molecular complexity index is 270. The Labute approximate surface area is 110 Å². The van der Waals surface area contributed by atoms with E-state index in [0.29, 0.717) is 6.54 Å². The number of nitrogens with zero attached hydrogens (tertiary/aromatic N) is 1. The zero-order valence-corrected chi connectivity index (χ0v) is 12.7. The van der Waals surface area contributed by atoms with E-state index in [1.54, 1.807) is 27.9 Å². The van der Waals surface area contributed by atoms with Crippen LogP contribution in [0.2, 0.25) is 0 Å². The van der Waals surface area contributed by atoms with Gasteiger partial charge in [0, 0.05) is 20.6 Å². The molecular weight excluding hydrogens is 232 g/mol. The summed E-state index contributed by atoms with van der Waals surface area (Å²) >= 11 is 0. The van der Waals surface area contributed by atoms with Crippen LogP contribution < -0.4 is 5.32 Å². The summed E-state index contributed by atoms with van der Waals surface area (Å²) in [7, 11) is 3.43. The van der Waals surface area contributed by atoms with E-state index in [2.05, 4.69) is 5.32 Å². The largest absolute Gasteiger partial charge is 0.389 e. The third kappa shape index (κ3) is 6.93. The maximum atomic E-state index is 11.8. The van der Waals surface area contributed by atoms with Crippen molar-refractivity contribution in [3.8, 4) is 0 Å². The molecule has 0 saturated heterocycles. The molecule has 0 aromatic rings. The second-order valence-electron chi connectivity index (χ2n) is 6.28. The molecule has 0 fully saturated rings. The smallest absolute Gasteiger partial charge is 0.241 e. The molecule has 0 heterocycles. The molecular formula is C13H28N2O3. The van der Waals surface area contributed by atoms with Crippen LogP contribution in [0.1, 0.15) is 34.6 Å². The van der Waals surface area contributed by atoms with E-state index < -0.39 is 11.6 Å². The lowest BCUT2D eigenvalue weighted by Gasteiger charge is -2.30. The lowest BCUT2D eigenvalue weighted by Crippen LogP contribution is -2.54. The second-order valence-corrected chi connectivity index (χ2v) is 6.28. The SMILES string of the molecule is CN(C)C(=O)C(C)(C)NCC(O)COC(C)(C)C. The third-order valence-electron chi connectivity index (χ3n) is 2.43. The molecule has 0 radical (unpaired) electrons. The Morgan fingerprint density at radius 3 is 2.17 bits per heavy atom. The average molecular weight is 260 g/mol. The van der Waals surface area contributed by atoms with Gasteiger partial charge in [0.1, 0.15) is 0 Å². The van der Waals surface area contributed by atoms with Gasteiger partial charge in [0.2, 0.25) is 5.91 Å². The van der Waals surface area contributed by atoms with Crippen molar-refractivity contribution in [1.82, 2.24) is 10.2 Å². The fourth-order valence-electron chi connectivity index (χ4n) is 1.41. The molecule has 2 N–H and O–H groups in total. The number of nitrogens with one attached hydrogen (secondary N) is 1. The minimum absolute atomic E-state index is 0.0218. The molecule has 108 valence electrons. The minimum atomic E-state index is -0.688. The topological polar surface area (TPSA) is 61.8 Å². The predicted octanol–water partition coefficient (Wildman–Crippen LogP) is 0.619. The van der Waals surface area contributed by atoms with Crippen LogP contribution in [-0.4, -0.2) is 60.4 Å². The number of β-amino-alcohol motifs (C(OH)–C–C–N with tert-alkyl or cyclic N) is 1. The Morgan fingerprint density at radius 1 is 1.28 bits per heavy atom. The van der Waals surface area contributed by atoms with Gasteiger partial charge in [0.25, 0.3) is 0 Å². The summed E-state index contributed by atoms with van der Waals surface area (Å²) in [6.45, 7) is 9.98. The number of amides is 1. The quantitative estimate of drug-likeness (QED) is 0.735. The number of likely N-dealkylation sites (N-methyl/N-ethyl adjacent to an activating group) is 1. The van der Waals surface area contributed by atoms with Gasteiger partial charge in [-0.25, -0.2) is 0 Å². The maximum Gasteiger partial charge on any atom is 0.241 e. The Morgan fingerprint density at radius 2 is 1.78 bits per heavy atom. The molecule has 0 spiro atoms. The van der Waals surface area contributed by atoms with Crippen LogP contribution in [0.4, 0.5) is 0 Å². The minimum Gasteiger partial charge on any atom is -0.389 e. The number of ether oxygens (including phenoxy) is 1. The summed E-state index contributed by atoms with van der Waals surface area (Å²) in [6, 6.07) is 0. The summed E-state index contributed by atoms with van der Waals surface area (Å²) in [5.41, 5.74) is -0.956. The number of carbonyl (C=O) groups excluding carboxylic acids is 1. The normalized spacial score (nSPS) is 14.4. The lowest BCUT2D eigenvalue weighted by atomic mass is 10.0. The van der Waals surface area contributed by atoms with E-state index in [-0.39, 0.29) is 18.1 Å². The molecule has 0 aliphatic carbocycles. The summed E-state index contributed by atoms with van der Waals surface area (Å²) in [6.07, 6.45) is -0.626. The van der Waals surface area contributed by atoms with Crippen molar-refractivity contribution in [3.63, 3.8) is 0 Å². The fourth-order valence-corrected chi connectivity index (χ4v) is 1.41. The van der Waals surface area contributed by atoms with Crippen molar-refractivity contribution < 1.29 is 14.6 Å². The van der Waals surface area contributed by atoms with Gasteiger partial charge in [-0.05, 0) is 34.6 Å². The van der Waals surface area contributed by atoms with E-state index in [0.717, 1.165) is 0 Å². The molecule has 5 heteroatoms. The van der Waals surface area contributed by atoms with Gasteiger partial charge in [0.15, 0.2) is 0 Å². The van der Waals surface area contributed by atoms with E-state index in [9.17, 15) is 9.90 Å². The number of aliphatic hydroxyl groups excluding tert-OH is 1. The van der Waals surface area contributed by atoms with Crippen LogP contribution in [0.5, 0.6) is 0 Å². The van der Waals surface area contributed by atoms with Crippen molar-refractivity contribution in [2.45, 2.75) is 51.9 Å². The number of rotatable bonds is 6. The summed E-state index contributed by atoms with van der Waals surface area (Å²) in [5, 5.41) is 12.8. The number of aliphatic hydroxyl groups is 1. The van der Waals surface area contributed by atoms with Gasteiger partial charge in [-0.1, -0.05) is 0 Å². The van der Waals surface area contributed by atoms with Crippen molar-refractivity contribution >= 4 is 5.91 Å². The van der Waals surface area contributed by atoms with Gasteiger partial charge in [-0.3, -0.25) is 4.79 Å². The molecule has 1 amide bonds. The van der Waals surface area contributed by atoms with Crippen LogP contribution in [0, 0.1) is 0 Å². The highest BCUT2D eigenvalue weighted by Gasteiger charge is 2.29. The highest BCUT2D eigenvalue weighted by molar-refractivity contribution is 5.85. The molecule has 1 atom stereocenters. The first-order valence-electron chi connectivity index (χ1n) is 6.24. The lowest BCUT2D eigenvalue weighted by molar-refractivity contribution is -0.134. The Kier molecular flexibility index (Phi) is 6.26. The number of hydrogen-bond donors (Lipinski definition) is 2. The standard InChI is InChI=1S/C13H28N2O3/c1-12(2,3)18-9-10(16)8-14-13(4,5)11(17)15(6)7/h10,14,16H,8-9H2,1-7H3. The molecule has 0 rings (SSSR count). The van der Waals surface area contributed by atoms with Crippen LogP contribution >= 0.6 is 0 Å². The van der Waals surface area contributed by atoms with Crippen molar-refractivity contribution in [2.75, 3.05) is 27.2 Å². The van der Waals surface area contributed by atoms with Crippen LogP contribution in [0.25, 0.3) is 0 Å². The van der Waals surface area contributed by atoms with Gasteiger partial charge >= 0.3 is 0 Å². The molecule has 0 aliphatic heterocycles. The monoisotopic (exact) mass is 260 g/mol. The Balaban J connectivity index is 4.12. The average Bonchev–Trinajstić information content (AvgIpc) is 2.21. The first kappa shape index (κ1) is 17.4. The molecule has 0 saturated carbocycles. The molecule has 0 aliphatic rings. The first-order valence-corrected chi connectivity index (χ1v) is 6.24. The van der Waals surface area contributed by atoms with Crippen LogP contribution in [0.15, 0.2) is 0 Å². The molecule has 0 aromatic heterocycles. The first-order chi connectivity index (χ1) is 7.96. The Hall–Kier alpha value is -0.650. The molecule has 1 unspecified atom stereocenters. The van der Waals surface area contributed by atoms with E-state index in [1.165, 1.54) is 4.90 Å². The maximum absolute atomic E-state index is 11.8. The molecule has 0 aromatic carbocycles. The highest BCUT2D eigenvalue weighted by atomic mass is 16.5. The third-order valence-corrected chi connectivity index (χ3v) is 2.43. The van der Waals surface area contributed by atoms with E-state index in [4.69, 9.17) is 4.74 Å². The highest BCUT2D eigenvalue weighted by Crippen LogP contribution is 2.08. The summed E-state index contributed by atoms with van der Waals surface area (Å²) < 4.78 is 5.48. The molecule has 18 heavy (non-hydrogen) atoms. The van der Waals surface area contributed by atoms with Crippen LogP contribution in [0.3, 0.4) is 0 Å². The van der Waals surface area contributed by atoms with Crippen LogP contribution in [-0.2, 0) is 9.53 Å². The summed E-state index contributed by atoms with van der Waals surface area (Å²) in [4.78, 5) is 13.4. The second kappa shape index (κ2) is 6.50. The zero-order valence-electron chi connectivity index (χ0n) is 12.7. The molecule has 0 bridgehead atoms. The van der Waals surface area contributed by atoms with Gasteiger partial charge in [0.05, 0.1) is 23.9 Å². The number of hydrogen-bond acceptors (Lipinski definition) is 4. The zero-order chi connectivity index (χ0) is 14.6. The summed E-state index contributed by atoms with van der Waals surface area (Å²) in [5.74, 6) is -0.0218. The molecule has 5 nitrogen and oxygen atoms in total. The van der Waals surface area contributed by atoms with E-state index in [1.807, 2.05) is 20.8 Å². The van der Waals surface area contributed by atoms with E-state index >= 15 is 0 Å².